The van der Waals surface area contributed by atoms with Crippen LogP contribution in [0.1, 0.15) is 65.3 Å². The van der Waals surface area contributed by atoms with Crippen molar-refractivity contribution in [3.05, 3.63) is 63.3 Å². The SMILES string of the molecule is CCN1CC(C)NCC1CN1CCN(C(C)C)CC1C.Cn1c2c(cc(Cc3ccc(F)cc3)c1=O)N(C=O)CC2(C)C. The highest BCUT2D eigenvalue weighted by Crippen LogP contribution is 2.39. The van der Waals surface area contributed by atoms with E-state index in [1.54, 1.807) is 34.7 Å². The fourth-order valence-electron chi connectivity index (χ4n) is 7.07. The van der Waals surface area contributed by atoms with Crippen molar-refractivity contribution in [3.8, 4) is 0 Å². The maximum Gasteiger partial charge on any atom is 0.254 e. The number of likely N-dealkylation sites (N-methyl/N-ethyl adjacent to an activating group) is 1. The van der Waals surface area contributed by atoms with Gasteiger partial charge in [0.25, 0.3) is 5.56 Å². The highest BCUT2D eigenvalue weighted by molar-refractivity contribution is 5.80. The quantitative estimate of drug-likeness (QED) is 0.495. The average molecular weight is 597 g/mol. The van der Waals surface area contributed by atoms with Gasteiger partial charge in [-0.05, 0) is 58.0 Å². The monoisotopic (exact) mass is 596 g/mol. The van der Waals surface area contributed by atoms with Gasteiger partial charge in [0.05, 0.1) is 11.4 Å². The van der Waals surface area contributed by atoms with Gasteiger partial charge in [-0.1, -0.05) is 32.9 Å². The number of aromatic nitrogens is 1. The zero-order valence-corrected chi connectivity index (χ0v) is 27.6. The number of nitrogens with one attached hydrogen (secondary N) is 1. The molecule has 1 aromatic heterocycles. The first-order chi connectivity index (χ1) is 20.3. The van der Waals surface area contributed by atoms with Crippen molar-refractivity contribution in [2.45, 2.75) is 84.5 Å². The Morgan fingerprint density at radius 3 is 2.40 bits per heavy atom. The van der Waals surface area contributed by atoms with Crippen molar-refractivity contribution in [3.63, 3.8) is 0 Å². The zero-order chi connectivity index (χ0) is 31.5. The maximum absolute atomic E-state index is 13.0. The average Bonchev–Trinajstić information content (AvgIpc) is 3.24. The Labute approximate surface area is 257 Å². The lowest BCUT2D eigenvalue weighted by molar-refractivity contribution is -0.107. The summed E-state index contributed by atoms with van der Waals surface area (Å²) in [4.78, 5) is 33.6. The van der Waals surface area contributed by atoms with Crippen LogP contribution >= 0.6 is 0 Å². The predicted molar refractivity (Wildman–Crippen MR) is 174 cm³/mol. The number of nitrogens with zero attached hydrogens (tertiary/aromatic N) is 5. The summed E-state index contributed by atoms with van der Waals surface area (Å²) in [5, 5.41) is 3.65. The molecule has 3 atom stereocenters. The van der Waals surface area contributed by atoms with Crippen LogP contribution in [0.15, 0.2) is 35.1 Å². The lowest BCUT2D eigenvalue weighted by Crippen LogP contribution is -2.62. The second-order valence-corrected chi connectivity index (χ2v) is 13.7. The van der Waals surface area contributed by atoms with Gasteiger partial charge in [0.1, 0.15) is 5.82 Å². The number of piperazine rings is 2. The Morgan fingerprint density at radius 1 is 1.09 bits per heavy atom. The number of pyridine rings is 1. The van der Waals surface area contributed by atoms with E-state index in [4.69, 9.17) is 0 Å². The molecule has 1 aromatic carbocycles. The molecule has 2 fully saturated rings. The molecule has 9 heteroatoms. The van der Waals surface area contributed by atoms with Crippen molar-refractivity contribution in [1.29, 1.82) is 0 Å². The van der Waals surface area contributed by atoms with Gasteiger partial charge >= 0.3 is 0 Å². The molecule has 0 bridgehead atoms. The Kier molecular flexibility index (Phi) is 10.9. The first kappa shape index (κ1) is 33.3. The molecule has 1 N–H and O–H groups in total. The normalized spacial score (nSPS) is 24.5. The molecule has 0 saturated carbocycles. The Bertz CT molecular complexity index is 1290. The minimum absolute atomic E-state index is 0.0751. The minimum Gasteiger partial charge on any atom is -0.313 e. The van der Waals surface area contributed by atoms with Crippen LogP contribution in [0.2, 0.25) is 0 Å². The summed E-state index contributed by atoms with van der Waals surface area (Å²) in [5.41, 5.74) is 2.77. The molecule has 0 aliphatic carbocycles. The smallest absolute Gasteiger partial charge is 0.254 e. The molecule has 238 valence electrons. The number of halogens is 1. The Hall–Kier alpha value is -2.59. The molecule has 0 spiro atoms. The van der Waals surface area contributed by atoms with Crippen LogP contribution in [0.4, 0.5) is 10.1 Å². The van der Waals surface area contributed by atoms with E-state index in [0.29, 0.717) is 42.7 Å². The Morgan fingerprint density at radius 2 is 1.79 bits per heavy atom. The Balaban J connectivity index is 0.000000199. The second kappa shape index (κ2) is 14.0. The van der Waals surface area contributed by atoms with Crippen molar-refractivity contribution >= 4 is 12.1 Å². The molecule has 0 radical (unpaired) electrons. The molecule has 3 aliphatic heterocycles. The molecule has 1 amide bonds. The molecule has 43 heavy (non-hydrogen) atoms. The molecule has 2 saturated heterocycles. The topological polar surface area (TPSA) is 64.1 Å². The number of benzene rings is 1. The van der Waals surface area contributed by atoms with E-state index in [9.17, 15) is 14.0 Å². The van der Waals surface area contributed by atoms with Gasteiger partial charge < -0.3 is 14.8 Å². The third kappa shape index (κ3) is 7.74. The number of hydrogen-bond donors (Lipinski definition) is 1. The first-order valence-corrected chi connectivity index (χ1v) is 16.0. The highest BCUT2D eigenvalue weighted by atomic mass is 19.1. The molecule has 5 rings (SSSR count). The van der Waals surface area contributed by atoms with E-state index >= 15 is 0 Å². The van der Waals surface area contributed by atoms with E-state index in [1.807, 2.05) is 13.8 Å². The van der Waals surface area contributed by atoms with Crippen LogP contribution in [0.5, 0.6) is 0 Å². The lowest BCUT2D eigenvalue weighted by Gasteiger charge is -2.46. The van der Waals surface area contributed by atoms with Crippen LogP contribution < -0.4 is 15.8 Å². The van der Waals surface area contributed by atoms with Crippen molar-refractivity contribution in [1.82, 2.24) is 24.6 Å². The van der Waals surface area contributed by atoms with Gasteiger partial charge in [0.15, 0.2) is 0 Å². The molecule has 3 unspecified atom stereocenters. The standard InChI is InChI=1S/C18H19FN2O2.C16H34N4/c1-18(2)10-21(11-22)15-9-13(17(23)20(3)16(15)18)8-12-4-6-14(19)7-5-12;1-6-18-10-14(4)17-9-16(18)12-20-8-7-19(13(2)3)11-15(20)5/h4-7,9,11H,8,10H2,1-3H3;13-17H,6-12H2,1-5H3. The molecule has 2 aromatic rings. The van der Waals surface area contributed by atoms with E-state index < -0.39 is 0 Å². The van der Waals surface area contributed by atoms with Gasteiger partial charge in [-0.2, -0.15) is 0 Å². The van der Waals surface area contributed by atoms with Crippen LogP contribution in [-0.2, 0) is 23.7 Å². The number of carbonyl (C=O) groups is 1. The third-order valence-corrected chi connectivity index (χ3v) is 9.52. The zero-order valence-electron chi connectivity index (χ0n) is 27.6. The fourth-order valence-corrected chi connectivity index (χ4v) is 7.07. The van der Waals surface area contributed by atoms with Gasteiger partial charge in [0, 0.05) is 94.4 Å². The largest absolute Gasteiger partial charge is 0.313 e. The van der Waals surface area contributed by atoms with Crippen molar-refractivity contribution in [2.75, 3.05) is 57.3 Å². The van der Waals surface area contributed by atoms with Crippen LogP contribution in [0.25, 0.3) is 0 Å². The van der Waals surface area contributed by atoms with Crippen LogP contribution in [0.3, 0.4) is 0 Å². The number of hydrogen-bond acceptors (Lipinski definition) is 6. The number of anilines is 1. The molecule has 4 heterocycles. The fraction of sp³-hybridized carbons (Fsp3) is 0.647. The number of amides is 1. The van der Waals surface area contributed by atoms with E-state index in [-0.39, 0.29) is 16.8 Å². The summed E-state index contributed by atoms with van der Waals surface area (Å²) in [5.74, 6) is -0.301. The van der Waals surface area contributed by atoms with Crippen LogP contribution in [-0.4, -0.2) is 102 Å². The summed E-state index contributed by atoms with van der Waals surface area (Å²) in [7, 11) is 1.74. The number of fused-ring (bicyclic) bond motifs is 1. The molecular formula is C34H53FN6O2. The summed E-state index contributed by atoms with van der Waals surface area (Å²) in [6.45, 7) is 24.6. The van der Waals surface area contributed by atoms with Gasteiger partial charge in [-0.25, -0.2) is 4.39 Å². The van der Waals surface area contributed by atoms with E-state index in [2.05, 4.69) is 54.6 Å². The maximum atomic E-state index is 13.0. The third-order valence-electron chi connectivity index (χ3n) is 9.52. The highest BCUT2D eigenvalue weighted by Gasteiger charge is 2.38. The minimum atomic E-state index is -0.301. The molecule has 3 aliphatic rings. The predicted octanol–water partition coefficient (Wildman–Crippen LogP) is 3.45. The lowest BCUT2D eigenvalue weighted by atomic mass is 9.90. The van der Waals surface area contributed by atoms with Crippen molar-refractivity contribution in [2.24, 2.45) is 7.05 Å². The van der Waals surface area contributed by atoms with Gasteiger partial charge in [-0.3, -0.25) is 24.3 Å². The van der Waals surface area contributed by atoms with Gasteiger partial charge in [-0.15, -0.1) is 0 Å². The van der Waals surface area contributed by atoms with E-state index in [1.165, 1.54) is 51.4 Å². The summed E-state index contributed by atoms with van der Waals surface area (Å²) < 4.78 is 14.7. The second-order valence-electron chi connectivity index (χ2n) is 13.7. The number of rotatable bonds is 7. The molecule has 8 nitrogen and oxygen atoms in total. The van der Waals surface area contributed by atoms with Crippen LogP contribution in [0, 0.1) is 5.82 Å². The van der Waals surface area contributed by atoms with Crippen molar-refractivity contribution < 1.29 is 9.18 Å². The molecular weight excluding hydrogens is 543 g/mol. The number of carbonyl (C=O) groups excluding carboxylic acids is 1. The van der Waals surface area contributed by atoms with Gasteiger partial charge in [0.2, 0.25) is 6.41 Å². The summed E-state index contributed by atoms with van der Waals surface area (Å²) >= 11 is 0. The summed E-state index contributed by atoms with van der Waals surface area (Å²) in [6, 6.07) is 10.6. The first-order valence-electron chi connectivity index (χ1n) is 16.0. The van der Waals surface area contributed by atoms with E-state index in [0.717, 1.165) is 29.9 Å². The summed E-state index contributed by atoms with van der Waals surface area (Å²) in [6.07, 6.45) is 1.22.